The molecule has 0 saturated heterocycles. The molecule has 1 fully saturated rings. The van der Waals surface area contributed by atoms with E-state index >= 15 is 0 Å². The zero-order valence-corrected chi connectivity index (χ0v) is 15.5. The van der Waals surface area contributed by atoms with E-state index in [2.05, 4.69) is 30.9 Å². The number of nitrogens with zero attached hydrogens (tertiary/aromatic N) is 4. The minimum atomic E-state index is -0.357. The second kappa shape index (κ2) is 6.20. The van der Waals surface area contributed by atoms with Gasteiger partial charge in [-0.2, -0.15) is 0 Å². The number of aromatic nitrogens is 5. The van der Waals surface area contributed by atoms with Crippen molar-refractivity contribution in [1.29, 1.82) is 0 Å². The van der Waals surface area contributed by atoms with Gasteiger partial charge in [0.15, 0.2) is 5.65 Å². The number of fused-ring (bicyclic) bond motifs is 1. The number of anilines is 1. The summed E-state index contributed by atoms with van der Waals surface area (Å²) in [5.41, 5.74) is 2.86. The summed E-state index contributed by atoms with van der Waals surface area (Å²) in [6.45, 7) is 4.01. The van der Waals surface area contributed by atoms with Gasteiger partial charge in [0.25, 0.3) is 5.56 Å². The van der Waals surface area contributed by atoms with Crippen LogP contribution < -0.4 is 16.2 Å². The molecule has 3 heterocycles. The normalized spacial score (nSPS) is 14.0. The molecule has 0 aromatic carbocycles. The highest BCUT2D eigenvalue weighted by atomic mass is 32.1. The highest BCUT2D eigenvalue weighted by Gasteiger charge is 2.27. The van der Waals surface area contributed by atoms with E-state index in [-0.39, 0.29) is 18.1 Å². The minimum Gasteiger partial charge on any atom is -0.334 e. The summed E-state index contributed by atoms with van der Waals surface area (Å²) >= 11 is 1.41. The van der Waals surface area contributed by atoms with Gasteiger partial charge in [0, 0.05) is 25.2 Å². The Morgan fingerprint density at radius 3 is 2.85 bits per heavy atom. The number of amides is 2. The van der Waals surface area contributed by atoms with Crippen LogP contribution in [0.3, 0.4) is 0 Å². The fraction of sp³-hybridized carbons (Fsp3) is 0.438. The lowest BCUT2D eigenvalue weighted by Gasteiger charge is -2.11. The fourth-order valence-electron chi connectivity index (χ4n) is 3.00. The summed E-state index contributed by atoms with van der Waals surface area (Å²) in [6.07, 6.45) is 2.29. The van der Waals surface area contributed by atoms with E-state index in [1.54, 1.807) is 11.7 Å². The summed E-state index contributed by atoms with van der Waals surface area (Å²) < 4.78 is 1.61. The molecular formula is C16H19N7O2S. The van der Waals surface area contributed by atoms with E-state index < -0.39 is 0 Å². The molecule has 26 heavy (non-hydrogen) atoms. The van der Waals surface area contributed by atoms with Crippen molar-refractivity contribution in [2.75, 3.05) is 5.32 Å². The summed E-state index contributed by atoms with van der Waals surface area (Å²) in [7, 11) is 1.75. The molecule has 3 aromatic rings. The lowest BCUT2D eigenvalue weighted by Crippen LogP contribution is -2.29. The third kappa shape index (κ3) is 2.96. The zero-order chi connectivity index (χ0) is 18.4. The predicted octanol–water partition coefficient (Wildman–Crippen LogP) is 1.93. The largest absolute Gasteiger partial charge is 0.334 e. The molecular weight excluding hydrogens is 354 g/mol. The molecule has 2 amide bonds. The third-order valence-electron chi connectivity index (χ3n) is 4.59. The molecule has 0 radical (unpaired) electrons. The number of carbonyl (C=O) groups is 1. The van der Waals surface area contributed by atoms with E-state index in [1.807, 2.05) is 13.8 Å². The predicted molar refractivity (Wildman–Crippen MR) is 98.6 cm³/mol. The van der Waals surface area contributed by atoms with Crippen molar-refractivity contribution in [2.24, 2.45) is 7.05 Å². The Morgan fingerprint density at radius 1 is 1.35 bits per heavy atom. The van der Waals surface area contributed by atoms with Crippen molar-refractivity contribution < 1.29 is 4.79 Å². The Balaban J connectivity index is 1.49. The van der Waals surface area contributed by atoms with E-state index in [4.69, 9.17) is 0 Å². The molecule has 1 saturated carbocycles. The maximum atomic E-state index is 12.2. The van der Waals surface area contributed by atoms with Gasteiger partial charge in [-0.05, 0) is 37.8 Å². The van der Waals surface area contributed by atoms with Crippen LogP contribution in [0.4, 0.5) is 9.93 Å². The number of H-pyrrole nitrogens is 1. The van der Waals surface area contributed by atoms with Crippen molar-refractivity contribution >= 4 is 33.5 Å². The number of hydrogen-bond acceptors (Lipinski definition) is 6. The van der Waals surface area contributed by atoms with Crippen LogP contribution in [-0.4, -0.2) is 31.0 Å². The second-order valence-corrected chi connectivity index (χ2v) is 7.54. The summed E-state index contributed by atoms with van der Waals surface area (Å²) in [4.78, 5) is 28.7. The highest BCUT2D eigenvalue weighted by molar-refractivity contribution is 7.15. The van der Waals surface area contributed by atoms with Gasteiger partial charge in [-0.1, -0.05) is 11.3 Å². The molecule has 136 valence electrons. The number of hydrogen-bond donors (Lipinski definition) is 3. The molecule has 0 atom stereocenters. The molecule has 4 rings (SSSR count). The fourth-order valence-corrected chi connectivity index (χ4v) is 3.91. The maximum Gasteiger partial charge on any atom is 0.321 e. The van der Waals surface area contributed by atoms with Crippen molar-refractivity contribution in [1.82, 2.24) is 30.3 Å². The molecule has 0 aliphatic heterocycles. The Morgan fingerprint density at radius 2 is 2.12 bits per heavy atom. The standard InChI is InChI=1S/C16H19N7O2S/c1-7-10(8(2)18-12-11(7)13(24)22-23(12)3)6-17-15(25)19-16-21-20-14(26-16)9-4-5-9/h9H,4-6H2,1-3H3,(H,22,24)(H2,17,19,21,25). The van der Waals surface area contributed by atoms with Crippen LogP contribution in [0.25, 0.3) is 11.0 Å². The van der Waals surface area contributed by atoms with Crippen molar-refractivity contribution in [3.8, 4) is 0 Å². The van der Waals surface area contributed by atoms with Gasteiger partial charge in [0.1, 0.15) is 5.01 Å². The van der Waals surface area contributed by atoms with Crippen LogP contribution in [-0.2, 0) is 13.6 Å². The van der Waals surface area contributed by atoms with Gasteiger partial charge >= 0.3 is 6.03 Å². The number of urea groups is 1. The lowest BCUT2D eigenvalue weighted by atomic mass is 10.1. The number of nitrogens with one attached hydrogen (secondary N) is 3. The van der Waals surface area contributed by atoms with Gasteiger partial charge < -0.3 is 5.32 Å². The van der Waals surface area contributed by atoms with Gasteiger partial charge in [-0.15, -0.1) is 10.2 Å². The van der Waals surface area contributed by atoms with Crippen LogP contribution in [0.2, 0.25) is 0 Å². The maximum absolute atomic E-state index is 12.2. The van der Waals surface area contributed by atoms with E-state index in [0.717, 1.165) is 34.7 Å². The SMILES string of the molecule is Cc1nc2c(c(C)c1CNC(=O)Nc1nnc(C3CC3)s1)c(=O)[nH]n2C. The van der Waals surface area contributed by atoms with Gasteiger partial charge in [-0.25, -0.2) is 9.78 Å². The van der Waals surface area contributed by atoms with Crippen LogP contribution in [0.15, 0.2) is 4.79 Å². The summed E-state index contributed by atoms with van der Waals surface area (Å²) in [6, 6.07) is -0.357. The average molecular weight is 373 g/mol. The third-order valence-corrected chi connectivity index (χ3v) is 5.59. The summed E-state index contributed by atoms with van der Waals surface area (Å²) in [5.74, 6) is 0.512. The molecule has 3 aromatic heterocycles. The minimum absolute atomic E-state index is 0.181. The molecule has 10 heteroatoms. The van der Waals surface area contributed by atoms with Crippen molar-refractivity contribution in [3.05, 3.63) is 32.2 Å². The second-order valence-electron chi connectivity index (χ2n) is 6.53. The average Bonchev–Trinajstić information content (AvgIpc) is 3.26. The first-order chi connectivity index (χ1) is 12.4. The van der Waals surface area contributed by atoms with E-state index in [9.17, 15) is 9.59 Å². The molecule has 3 N–H and O–H groups in total. The molecule has 1 aliphatic rings. The van der Waals surface area contributed by atoms with Gasteiger partial charge in [-0.3, -0.25) is 19.9 Å². The zero-order valence-electron chi connectivity index (χ0n) is 14.7. The molecule has 0 spiro atoms. The Hall–Kier alpha value is -2.75. The molecule has 0 unspecified atom stereocenters. The molecule has 1 aliphatic carbocycles. The van der Waals surface area contributed by atoms with Crippen LogP contribution in [0.1, 0.15) is 40.6 Å². The number of carbonyl (C=O) groups excluding carboxylic acids is 1. The quantitative estimate of drug-likeness (QED) is 0.646. The van der Waals surface area contributed by atoms with E-state index in [1.165, 1.54) is 11.3 Å². The van der Waals surface area contributed by atoms with Gasteiger partial charge in [0.05, 0.1) is 5.39 Å². The Bertz CT molecular complexity index is 1060. The number of aryl methyl sites for hydroxylation is 3. The van der Waals surface area contributed by atoms with Crippen LogP contribution in [0.5, 0.6) is 0 Å². The highest BCUT2D eigenvalue weighted by Crippen LogP contribution is 2.42. The van der Waals surface area contributed by atoms with Crippen LogP contribution >= 0.6 is 11.3 Å². The molecule has 0 bridgehead atoms. The van der Waals surface area contributed by atoms with E-state index in [0.29, 0.717) is 22.1 Å². The number of rotatable bonds is 4. The Kier molecular flexibility index (Phi) is 3.98. The summed E-state index contributed by atoms with van der Waals surface area (Å²) in [5, 5.41) is 18.3. The first kappa shape index (κ1) is 16.7. The van der Waals surface area contributed by atoms with Crippen molar-refractivity contribution in [3.63, 3.8) is 0 Å². The van der Waals surface area contributed by atoms with Crippen LogP contribution in [0, 0.1) is 13.8 Å². The monoisotopic (exact) mass is 373 g/mol. The Labute approximate surface area is 152 Å². The topological polar surface area (TPSA) is 118 Å². The van der Waals surface area contributed by atoms with Crippen molar-refractivity contribution in [2.45, 2.75) is 39.2 Å². The van der Waals surface area contributed by atoms with Gasteiger partial charge in [0.2, 0.25) is 5.13 Å². The lowest BCUT2D eigenvalue weighted by molar-refractivity contribution is 0.251. The smallest absolute Gasteiger partial charge is 0.321 e. The number of pyridine rings is 1. The first-order valence-electron chi connectivity index (χ1n) is 8.37. The molecule has 9 nitrogen and oxygen atoms in total. The first-order valence-corrected chi connectivity index (χ1v) is 9.18. The number of aromatic amines is 1.